The highest BCUT2D eigenvalue weighted by molar-refractivity contribution is 5.87. The summed E-state index contributed by atoms with van der Waals surface area (Å²) in [6, 6.07) is 0. The molecule has 0 aromatic heterocycles. The van der Waals surface area contributed by atoms with Crippen molar-refractivity contribution < 1.29 is 4.79 Å². The van der Waals surface area contributed by atoms with Crippen LogP contribution >= 0.6 is 0 Å². The van der Waals surface area contributed by atoms with Gasteiger partial charge in [-0.15, -0.1) is 0 Å². The van der Waals surface area contributed by atoms with Gasteiger partial charge in [0, 0.05) is 19.2 Å². The van der Waals surface area contributed by atoms with Gasteiger partial charge in [-0.3, -0.25) is 4.79 Å². The van der Waals surface area contributed by atoms with Crippen molar-refractivity contribution in [1.29, 1.82) is 0 Å². The second kappa shape index (κ2) is 4.99. The molecule has 0 aliphatic carbocycles. The van der Waals surface area contributed by atoms with Gasteiger partial charge in [-0.05, 0) is 13.8 Å². The number of carbonyl (C=O) groups is 1. The first-order chi connectivity index (χ1) is 4.66. The van der Waals surface area contributed by atoms with E-state index in [0.29, 0.717) is 13.1 Å². The fourth-order valence-electron chi connectivity index (χ4n) is 0.509. The summed E-state index contributed by atoms with van der Waals surface area (Å²) in [5.41, 5.74) is 6.17. The van der Waals surface area contributed by atoms with Crippen LogP contribution in [0.15, 0.2) is 11.6 Å². The molecule has 0 aliphatic heterocycles. The molecule has 0 aromatic rings. The number of rotatable bonds is 3. The highest BCUT2D eigenvalue weighted by atomic mass is 16.1. The molecule has 58 valence electrons. The molecule has 10 heavy (non-hydrogen) atoms. The van der Waals surface area contributed by atoms with E-state index in [-0.39, 0.29) is 5.91 Å². The smallest absolute Gasteiger partial charge is 0.243 e. The Morgan fingerprint density at radius 3 is 2.60 bits per heavy atom. The van der Waals surface area contributed by atoms with E-state index in [9.17, 15) is 4.79 Å². The Balaban J connectivity index is 3.54. The van der Waals surface area contributed by atoms with Crippen LogP contribution in [0.1, 0.15) is 13.8 Å². The van der Waals surface area contributed by atoms with Crippen LogP contribution in [0.5, 0.6) is 0 Å². The highest BCUT2D eigenvalue weighted by Crippen LogP contribution is 1.85. The molecule has 3 heteroatoms. The van der Waals surface area contributed by atoms with Crippen LogP contribution in [0.2, 0.25) is 0 Å². The highest BCUT2D eigenvalue weighted by Gasteiger charge is 1.91. The first-order valence-corrected chi connectivity index (χ1v) is 3.29. The second-order valence-electron chi connectivity index (χ2n) is 2.30. The average molecular weight is 142 g/mol. The van der Waals surface area contributed by atoms with Gasteiger partial charge in [-0.2, -0.15) is 0 Å². The van der Waals surface area contributed by atoms with Crippen molar-refractivity contribution in [1.82, 2.24) is 5.32 Å². The quantitative estimate of drug-likeness (QED) is 0.546. The Kier molecular flexibility index (Phi) is 4.58. The van der Waals surface area contributed by atoms with Crippen molar-refractivity contribution in [2.24, 2.45) is 5.73 Å². The van der Waals surface area contributed by atoms with Crippen molar-refractivity contribution >= 4 is 5.91 Å². The molecule has 0 heterocycles. The summed E-state index contributed by atoms with van der Waals surface area (Å²) < 4.78 is 0. The number of allylic oxidation sites excluding steroid dienone is 1. The average Bonchev–Trinajstić information content (AvgIpc) is 1.82. The largest absolute Gasteiger partial charge is 0.351 e. The summed E-state index contributed by atoms with van der Waals surface area (Å²) in [5.74, 6) is -0.0644. The Labute approximate surface area is 61.3 Å². The van der Waals surface area contributed by atoms with E-state index in [2.05, 4.69) is 5.32 Å². The molecule has 0 aliphatic rings. The summed E-state index contributed by atoms with van der Waals surface area (Å²) >= 11 is 0. The van der Waals surface area contributed by atoms with E-state index in [0.717, 1.165) is 5.57 Å². The van der Waals surface area contributed by atoms with E-state index >= 15 is 0 Å². The van der Waals surface area contributed by atoms with Gasteiger partial charge in [0.15, 0.2) is 0 Å². The zero-order valence-electron chi connectivity index (χ0n) is 6.48. The maximum atomic E-state index is 10.8. The molecule has 0 saturated carbocycles. The molecule has 0 fully saturated rings. The molecular formula is C7H14N2O. The first-order valence-electron chi connectivity index (χ1n) is 3.29. The van der Waals surface area contributed by atoms with Gasteiger partial charge < -0.3 is 11.1 Å². The Bertz CT molecular complexity index is 137. The third kappa shape index (κ3) is 5.31. The predicted octanol–water partition coefficient (Wildman–Crippen LogP) is 0.0275. The molecule has 0 saturated heterocycles. The maximum absolute atomic E-state index is 10.8. The van der Waals surface area contributed by atoms with Crippen LogP contribution in [0, 0.1) is 0 Å². The Morgan fingerprint density at radius 2 is 2.20 bits per heavy atom. The molecule has 3 N–H and O–H groups in total. The van der Waals surface area contributed by atoms with Gasteiger partial charge in [-0.25, -0.2) is 0 Å². The lowest BCUT2D eigenvalue weighted by Gasteiger charge is -1.97. The molecule has 0 aromatic carbocycles. The van der Waals surface area contributed by atoms with Crippen molar-refractivity contribution in [2.75, 3.05) is 13.1 Å². The normalized spacial score (nSPS) is 8.70. The van der Waals surface area contributed by atoms with Gasteiger partial charge in [-0.1, -0.05) is 5.57 Å². The van der Waals surface area contributed by atoms with Crippen molar-refractivity contribution in [3.05, 3.63) is 11.6 Å². The van der Waals surface area contributed by atoms with Crippen LogP contribution in [0.4, 0.5) is 0 Å². The fourth-order valence-corrected chi connectivity index (χ4v) is 0.509. The summed E-state index contributed by atoms with van der Waals surface area (Å²) in [7, 11) is 0. The van der Waals surface area contributed by atoms with Gasteiger partial charge in [0.25, 0.3) is 0 Å². The maximum Gasteiger partial charge on any atom is 0.243 e. The number of hydrogen-bond donors (Lipinski definition) is 2. The zero-order valence-corrected chi connectivity index (χ0v) is 6.48. The summed E-state index contributed by atoms with van der Waals surface area (Å²) in [4.78, 5) is 10.8. The number of carbonyl (C=O) groups excluding carboxylic acids is 1. The lowest BCUT2D eigenvalue weighted by Crippen LogP contribution is -2.27. The van der Waals surface area contributed by atoms with Crippen molar-refractivity contribution in [3.8, 4) is 0 Å². The van der Waals surface area contributed by atoms with E-state index in [1.165, 1.54) is 0 Å². The summed E-state index contributed by atoms with van der Waals surface area (Å²) in [6.45, 7) is 4.79. The van der Waals surface area contributed by atoms with Gasteiger partial charge >= 0.3 is 0 Å². The van der Waals surface area contributed by atoms with Crippen LogP contribution in [0.3, 0.4) is 0 Å². The molecule has 1 amide bonds. The molecule has 0 bridgehead atoms. The Morgan fingerprint density at radius 1 is 1.60 bits per heavy atom. The molecule has 0 atom stereocenters. The fraction of sp³-hybridized carbons (Fsp3) is 0.571. The number of nitrogens with one attached hydrogen (secondary N) is 1. The first kappa shape index (κ1) is 9.17. The number of nitrogens with two attached hydrogens (primary N) is 1. The zero-order chi connectivity index (χ0) is 7.98. The van der Waals surface area contributed by atoms with Crippen LogP contribution in [0.25, 0.3) is 0 Å². The van der Waals surface area contributed by atoms with Crippen molar-refractivity contribution in [3.63, 3.8) is 0 Å². The number of hydrogen-bond acceptors (Lipinski definition) is 2. The lowest BCUT2D eigenvalue weighted by atomic mass is 10.3. The molecule has 0 rings (SSSR count). The van der Waals surface area contributed by atoms with Gasteiger partial charge in [0.2, 0.25) is 5.91 Å². The topological polar surface area (TPSA) is 55.1 Å². The number of amides is 1. The molecule has 0 unspecified atom stereocenters. The standard InChI is InChI=1S/C7H14N2O/c1-6(2)5-7(10)9-4-3-8/h5H,3-4,8H2,1-2H3,(H,9,10). The van der Waals surface area contributed by atoms with E-state index in [1.807, 2.05) is 13.8 Å². The van der Waals surface area contributed by atoms with E-state index in [4.69, 9.17) is 5.73 Å². The Hall–Kier alpha value is -0.830. The molecule has 0 spiro atoms. The second-order valence-corrected chi connectivity index (χ2v) is 2.30. The van der Waals surface area contributed by atoms with Crippen LogP contribution < -0.4 is 11.1 Å². The molecule has 3 nitrogen and oxygen atoms in total. The predicted molar refractivity (Wildman–Crippen MR) is 41.5 cm³/mol. The minimum atomic E-state index is -0.0644. The van der Waals surface area contributed by atoms with Crippen molar-refractivity contribution in [2.45, 2.75) is 13.8 Å². The molecule has 0 radical (unpaired) electrons. The van der Waals surface area contributed by atoms with E-state index < -0.39 is 0 Å². The monoisotopic (exact) mass is 142 g/mol. The third-order valence-corrected chi connectivity index (χ3v) is 0.863. The minimum absolute atomic E-state index is 0.0644. The molecular weight excluding hydrogens is 128 g/mol. The SMILES string of the molecule is CC(C)=CC(=O)NCCN. The van der Waals surface area contributed by atoms with Gasteiger partial charge in [0.1, 0.15) is 0 Å². The third-order valence-electron chi connectivity index (χ3n) is 0.863. The van der Waals surface area contributed by atoms with E-state index in [1.54, 1.807) is 6.08 Å². The summed E-state index contributed by atoms with van der Waals surface area (Å²) in [6.07, 6.45) is 1.55. The lowest BCUT2D eigenvalue weighted by molar-refractivity contribution is -0.116. The van der Waals surface area contributed by atoms with Crippen LogP contribution in [-0.2, 0) is 4.79 Å². The summed E-state index contributed by atoms with van der Waals surface area (Å²) in [5, 5.41) is 2.62. The van der Waals surface area contributed by atoms with Gasteiger partial charge in [0.05, 0.1) is 0 Å². The van der Waals surface area contributed by atoms with Crippen LogP contribution in [-0.4, -0.2) is 19.0 Å². The minimum Gasteiger partial charge on any atom is -0.351 e.